The Morgan fingerprint density at radius 1 is 0.815 bits per heavy atom. The summed E-state index contributed by atoms with van der Waals surface area (Å²) in [4.78, 5) is 11.0. The summed E-state index contributed by atoms with van der Waals surface area (Å²) in [5, 5.41) is 10.3. The molecule has 1 heterocycles. The van der Waals surface area contributed by atoms with Gasteiger partial charge in [-0.15, -0.1) is 0 Å². The van der Waals surface area contributed by atoms with E-state index >= 15 is 0 Å². The van der Waals surface area contributed by atoms with Gasteiger partial charge in [-0.25, -0.2) is 0 Å². The molecule has 0 fully saturated rings. The molecular weight excluding hydrogens is 334 g/mol. The van der Waals surface area contributed by atoms with E-state index in [1.165, 1.54) is 10.9 Å². The lowest BCUT2D eigenvalue weighted by molar-refractivity contribution is -0.137. The SMILES string of the molecule is O=C(O)CCCc1c(-c2ccccc2)n(-c2ccccc2)c2ccccc12. The molecule has 0 bridgehead atoms. The molecule has 0 aliphatic carbocycles. The standard InChI is InChI=1S/C24H21NO2/c26-23(27)17-9-15-21-20-14-7-8-16-22(20)25(19-12-5-2-6-13-19)24(21)18-10-3-1-4-11-18/h1-8,10-14,16H,9,15,17H2,(H,26,27). The van der Waals surface area contributed by atoms with E-state index in [-0.39, 0.29) is 6.42 Å². The average Bonchev–Trinajstić information content (AvgIpc) is 3.03. The average molecular weight is 355 g/mol. The second-order valence-electron chi connectivity index (χ2n) is 6.63. The largest absolute Gasteiger partial charge is 0.481 e. The van der Waals surface area contributed by atoms with Crippen LogP contribution in [0.3, 0.4) is 0 Å². The molecule has 3 nitrogen and oxygen atoms in total. The van der Waals surface area contributed by atoms with Crippen LogP contribution >= 0.6 is 0 Å². The molecule has 0 radical (unpaired) electrons. The van der Waals surface area contributed by atoms with Crippen molar-refractivity contribution < 1.29 is 9.90 Å². The molecule has 0 saturated heterocycles. The molecule has 0 aliphatic heterocycles. The molecule has 3 aromatic carbocycles. The predicted octanol–water partition coefficient (Wildman–Crippen LogP) is 5.70. The topological polar surface area (TPSA) is 42.2 Å². The van der Waals surface area contributed by atoms with E-state index in [9.17, 15) is 4.79 Å². The predicted molar refractivity (Wildman–Crippen MR) is 109 cm³/mol. The number of aromatic nitrogens is 1. The van der Waals surface area contributed by atoms with E-state index in [2.05, 4.69) is 47.0 Å². The number of carbonyl (C=O) groups is 1. The zero-order valence-corrected chi connectivity index (χ0v) is 15.0. The fourth-order valence-corrected chi connectivity index (χ4v) is 3.72. The molecule has 0 spiro atoms. The van der Waals surface area contributed by atoms with Crippen molar-refractivity contribution in [3.63, 3.8) is 0 Å². The fraction of sp³-hybridized carbons (Fsp3) is 0.125. The number of para-hydroxylation sites is 2. The minimum absolute atomic E-state index is 0.180. The Labute approximate surface area is 158 Å². The summed E-state index contributed by atoms with van der Waals surface area (Å²) in [7, 11) is 0. The van der Waals surface area contributed by atoms with Crippen molar-refractivity contribution in [2.75, 3.05) is 0 Å². The number of benzene rings is 3. The Kier molecular flexibility index (Phi) is 4.75. The van der Waals surface area contributed by atoms with Crippen LogP contribution in [-0.4, -0.2) is 15.6 Å². The van der Waals surface area contributed by atoms with Crippen molar-refractivity contribution in [2.45, 2.75) is 19.3 Å². The lowest BCUT2D eigenvalue weighted by atomic mass is 10.00. The van der Waals surface area contributed by atoms with Crippen molar-refractivity contribution in [1.82, 2.24) is 4.57 Å². The number of hydrogen-bond acceptors (Lipinski definition) is 1. The fourth-order valence-electron chi connectivity index (χ4n) is 3.72. The smallest absolute Gasteiger partial charge is 0.303 e. The van der Waals surface area contributed by atoms with E-state index < -0.39 is 5.97 Å². The maximum Gasteiger partial charge on any atom is 0.303 e. The molecule has 4 aromatic rings. The monoisotopic (exact) mass is 355 g/mol. The third-order valence-electron chi connectivity index (χ3n) is 4.86. The first-order valence-electron chi connectivity index (χ1n) is 9.20. The van der Waals surface area contributed by atoms with Crippen LogP contribution in [0.2, 0.25) is 0 Å². The van der Waals surface area contributed by atoms with Gasteiger partial charge < -0.3 is 9.67 Å². The van der Waals surface area contributed by atoms with Gasteiger partial charge in [0, 0.05) is 17.5 Å². The van der Waals surface area contributed by atoms with Gasteiger partial charge in [0.2, 0.25) is 0 Å². The first-order valence-corrected chi connectivity index (χ1v) is 9.20. The summed E-state index contributed by atoms with van der Waals surface area (Å²) in [6, 6.07) is 29.0. The lowest BCUT2D eigenvalue weighted by Crippen LogP contribution is -2.00. The normalized spacial score (nSPS) is 11.0. The molecule has 27 heavy (non-hydrogen) atoms. The Morgan fingerprint density at radius 2 is 1.44 bits per heavy atom. The van der Waals surface area contributed by atoms with Crippen molar-refractivity contribution in [3.8, 4) is 16.9 Å². The molecule has 0 saturated carbocycles. The summed E-state index contributed by atoms with van der Waals surface area (Å²) >= 11 is 0. The van der Waals surface area contributed by atoms with Gasteiger partial charge in [-0.1, -0.05) is 66.7 Å². The molecule has 3 heteroatoms. The van der Waals surface area contributed by atoms with Gasteiger partial charge in [0.1, 0.15) is 0 Å². The van der Waals surface area contributed by atoms with Gasteiger partial charge in [-0.3, -0.25) is 4.79 Å². The van der Waals surface area contributed by atoms with E-state index in [0.717, 1.165) is 28.9 Å². The molecule has 1 aromatic heterocycles. The third-order valence-corrected chi connectivity index (χ3v) is 4.86. The van der Waals surface area contributed by atoms with Crippen LogP contribution in [0, 0.1) is 0 Å². The van der Waals surface area contributed by atoms with Gasteiger partial charge >= 0.3 is 5.97 Å². The Hall–Kier alpha value is -3.33. The number of carboxylic acids is 1. The quantitative estimate of drug-likeness (QED) is 0.482. The second-order valence-corrected chi connectivity index (χ2v) is 6.63. The lowest BCUT2D eigenvalue weighted by Gasteiger charge is -2.13. The molecule has 0 amide bonds. The highest BCUT2D eigenvalue weighted by Crippen LogP contribution is 2.37. The number of fused-ring (bicyclic) bond motifs is 1. The molecule has 0 atom stereocenters. The highest BCUT2D eigenvalue weighted by Gasteiger charge is 2.19. The summed E-state index contributed by atoms with van der Waals surface area (Å²) in [6.45, 7) is 0. The maximum absolute atomic E-state index is 11.0. The highest BCUT2D eigenvalue weighted by molar-refractivity contribution is 5.93. The molecule has 4 rings (SSSR count). The van der Waals surface area contributed by atoms with Crippen LogP contribution < -0.4 is 0 Å². The Balaban J connectivity index is 1.98. The number of hydrogen-bond donors (Lipinski definition) is 1. The zero-order chi connectivity index (χ0) is 18.6. The van der Waals surface area contributed by atoms with E-state index in [1.807, 2.05) is 42.5 Å². The maximum atomic E-state index is 11.0. The molecule has 134 valence electrons. The van der Waals surface area contributed by atoms with Crippen molar-refractivity contribution in [3.05, 3.63) is 90.5 Å². The summed E-state index contributed by atoms with van der Waals surface area (Å²) in [6.07, 6.45) is 1.54. The molecule has 0 unspecified atom stereocenters. The van der Waals surface area contributed by atoms with E-state index in [4.69, 9.17) is 5.11 Å². The third kappa shape index (κ3) is 3.36. The van der Waals surface area contributed by atoms with Crippen LogP contribution in [0.25, 0.3) is 27.8 Å². The molecule has 1 N–H and O–H groups in total. The number of aliphatic carboxylic acids is 1. The van der Waals surface area contributed by atoms with E-state index in [0.29, 0.717) is 6.42 Å². The zero-order valence-electron chi connectivity index (χ0n) is 15.0. The minimum atomic E-state index is -0.747. The van der Waals surface area contributed by atoms with Gasteiger partial charge in [-0.05, 0) is 42.2 Å². The number of rotatable bonds is 6. The van der Waals surface area contributed by atoms with Gasteiger partial charge in [0.05, 0.1) is 11.2 Å². The number of nitrogens with zero attached hydrogens (tertiary/aromatic N) is 1. The summed E-state index contributed by atoms with van der Waals surface area (Å²) in [5.41, 5.74) is 5.75. The highest BCUT2D eigenvalue weighted by atomic mass is 16.4. The van der Waals surface area contributed by atoms with Crippen LogP contribution in [0.5, 0.6) is 0 Å². The molecular formula is C24H21NO2. The van der Waals surface area contributed by atoms with Gasteiger partial charge in [0.15, 0.2) is 0 Å². The first kappa shape index (κ1) is 17.1. The van der Waals surface area contributed by atoms with Gasteiger partial charge in [-0.2, -0.15) is 0 Å². The van der Waals surface area contributed by atoms with Crippen LogP contribution in [0.4, 0.5) is 0 Å². The summed E-state index contributed by atoms with van der Waals surface area (Å²) in [5.74, 6) is -0.747. The van der Waals surface area contributed by atoms with Crippen LogP contribution in [0.1, 0.15) is 18.4 Å². The Morgan fingerprint density at radius 3 is 2.15 bits per heavy atom. The Bertz CT molecular complexity index is 1070. The molecule has 0 aliphatic rings. The van der Waals surface area contributed by atoms with Crippen LogP contribution in [0.15, 0.2) is 84.9 Å². The number of carboxylic acid groups (broad SMARTS) is 1. The number of aryl methyl sites for hydroxylation is 1. The van der Waals surface area contributed by atoms with Crippen molar-refractivity contribution in [2.24, 2.45) is 0 Å². The van der Waals surface area contributed by atoms with Crippen molar-refractivity contribution >= 4 is 16.9 Å². The summed E-state index contributed by atoms with van der Waals surface area (Å²) < 4.78 is 2.29. The van der Waals surface area contributed by atoms with Crippen LogP contribution in [-0.2, 0) is 11.2 Å². The van der Waals surface area contributed by atoms with E-state index in [1.54, 1.807) is 0 Å². The van der Waals surface area contributed by atoms with Crippen molar-refractivity contribution in [1.29, 1.82) is 0 Å². The van der Waals surface area contributed by atoms with Gasteiger partial charge in [0.25, 0.3) is 0 Å². The first-order chi connectivity index (χ1) is 13.3. The minimum Gasteiger partial charge on any atom is -0.481 e. The second kappa shape index (κ2) is 7.50.